The molecule has 0 fully saturated rings. The van der Waals surface area contributed by atoms with E-state index in [1.165, 1.54) is 19.2 Å². The summed E-state index contributed by atoms with van der Waals surface area (Å²) in [4.78, 5) is 11.5. The Morgan fingerprint density at radius 3 is 2.35 bits per heavy atom. The van der Waals surface area contributed by atoms with Crippen molar-refractivity contribution in [3.05, 3.63) is 69.2 Å². The topological polar surface area (TPSA) is 46.5 Å². The molecule has 0 spiro atoms. The van der Waals surface area contributed by atoms with E-state index in [9.17, 15) is 23.1 Å². The van der Waals surface area contributed by atoms with Crippen LogP contribution in [-0.2, 0) is 17.3 Å². The van der Waals surface area contributed by atoms with Crippen LogP contribution in [0.5, 0.6) is 0 Å². The van der Waals surface area contributed by atoms with Gasteiger partial charge in [-0.15, -0.1) is 0 Å². The largest absolute Gasteiger partial charge is 0.465 e. The van der Waals surface area contributed by atoms with Crippen molar-refractivity contribution in [1.29, 1.82) is 0 Å². The Labute approximate surface area is 157 Å². The van der Waals surface area contributed by atoms with E-state index in [1.54, 1.807) is 18.2 Å². The van der Waals surface area contributed by atoms with E-state index in [0.717, 1.165) is 22.2 Å². The number of methoxy groups -OCH3 is 1. The summed E-state index contributed by atoms with van der Waals surface area (Å²) in [7, 11) is 1.31. The second-order valence-corrected chi connectivity index (χ2v) is 6.69. The van der Waals surface area contributed by atoms with Crippen LogP contribution in [0.4, 0.5) is 13.2 Å². The molecule has 1 unspecified atom stereocenters. The van der Waals surface area contributed by atoms with Crippen LogP contribution in [0.3, 0.4) is 0 Å². The van der Waals surface area contributed by atoms with Gasteiger partial charge in [-0.25, -0.2) is 4.79 Å². The molecule has 0 heterocycles. The van der Waals surface area contributed by atoms with Crippen LogP contribution in [0.15, 0.2) is 46.9 Å². The predicted octanol–water partition coefficient (Wildman–Crippen LogP) is 4.96. The first kappa shape index (κ1) is 20.5. The van der Waals surface area contributed by atoms with Crippen LogP contribution < -0.4 is 0 Å². The molecule has 26 heavy (non-hydrogen) atoms. The third-order valence-electron chi connectivity index (χ3n) is 4.17. The van der Waals surface area contributed by atoms with Crippen molar-refractivity contribution in [2.45, 2.75) is 24.9 Å². The van der Waals surface area contributed by atoms with Crippen molar-refractivity contribution in [3.8, 4) is 0 Å². The minimum atomic E-state index is -4.38. The highest BCUT2D eigenvalue weighted by atomic mass is 79.9. The summed E-state index contributed by atoms with van der Waals surface area (Å²) < 4.78 is 43.3. The lowest BCUT2D eigenvalue weighted by Crippen LogP contribution is -2.09. The SMILES string of the molecule is COC(=O)c1ccc(CCC(CO)c2ccc(C(F)(F)F)cc2)c(Br)c1. The third-order valence-corrected chi connectivity index (χ3v) is 4.90. The Kier molecular flexibility index (Phi) is 6.83. The number of hydrogen-bond donors (Lipinski definition) is 1. The Balaban J connectivity index is 2.08. The zero-order valence-electron chi connectivity index (χ0n) is 14.0. The number of alkyl halides is 3. The molecule has 0 aliphatic heterocycles. The Hall–Kier alpha value is -1.86. The van der Waals surface area contributed by atoms with Gasteiger partial charge in [0.15, 0.2) is 0 Å². The van der Waals surface area contributed by atoms with Crippen molar-refractivity contribution in [2.24, 2.45) is 0 Å². The van der Waals surface area contributed by atoms with Crippen LogP contribution in [0, 0.1) is 0 Å². The molecule has 0 saturated carbocycles. The van der Waals surface area contributed by atoms with Crippen molar-refractivity contribution in [1.82, 2.24) is 0 Å². The predicted molar refractivity (Wildman–Crippen MR) is 95.1 cm³/mol. The molecule has 0 radical (unpaired) electrons. The summed E-state index contributed by atoms with van der Waals surface area (Å²) >= 11 is 3.41. The molecule has 0 bridgehead atoms. The molecule has 0 aromatic heterocycles. The summed E-state index contributed by atoms with van der Waals surface area (Å²) in [5, 5.41) is 9.61. The summed E-state index contributed by atoms with van der Waals surface area (Å²) in [5.74, 6) is -0.709. The maximum Gasteiger partial charge on any atom is 0.416 e. The Morgan fingerprint density at radius 2 is 1.85 bits per heavy atom. The van der Waals surface area contributed by atoms with E-state index in [2.05, 4.69) is 20.7 Å². The summed E-state index contributed by atoms with van der Waals surface area (Å²) in [6.45, 7) is -0.163. The van der Waals surface area contributed by atoms with Gasteiger partial charge in [0.25, 0.3) is 0 Å². The molecule has 0 amide bonds. The molecular weight excluding hydrogens is 413 g/mol. The normalized spacial score (nSPS) is 12.7. The zero-order valence-corrected chi connectivity index (χ0v) is 15.6. The van der Waals surface area contributed by atoms with Gasteiger partial charge in [-0.2, -0.15) is 13.2 Å². The first-order chi connectivity index (χ1) is 12.3. The second-order valence-electron chi connectivity index (χ2n) is 5.84. The van der Waals surface area contributed by atoms with Crippen molar-refractivity contribution in [3.63, 3.8) is 0 Å². The van der Waals surface area contributed by atoms with E-state index < -0.39 is 17.7 Å². The van der Waals surface area contributed by atoms with Crippen LogP contribution in [0.1, 0.15) is 39.4 Å². The lowest BCUT2D eigenvalue weighted by molar-refractivity contribution is -0.137. The number of carbonyl (C=O) groups is 1. The van der Waals surface area contributed by atoms with Gasteiger partial charge in [0, 0.05) is 17.0 Å². The van der Waals surface area contributed by atoms with Gasteiger partial charge in [0.2, 0.25) is 0 Å². The minimum absolute atomic E-state index is 0.163. The molecule has 1 atom stereocenters. The molecule has 3 nitrogen and oxygen atoms in total. The average molecular weight is 431 g/mol. The standard InChI is InChI=1S/C19H18BrF3O3/c1-26-18(25)14-4-2-13(17(20)10-14)3-5-15(11-24)12-6-8-16(9-7-12)19(21,22)23/h2,4,6-10,15,24H,3,5,11H2,1H3. The summed E-state index contributed by atoms with van der Waals surface area (Å²) in [6.07, 6.45) is -3.23. The van der Waals surface area contributed by atoms with Crippen LogP contribution in [0.25, 0.3) is 0 Å². The van der Waals surface area contributed by atoms with Crippen molar-refractivity contribution < 1.29 is 27.8 Å². The fourth-order valence-corrected chi connectivity index (χ4v) is 3.21. The van der Waals surface area contributed by atoms with E-state index in [1.807, 2.05) is 0 Å². The Bertz CT molecular complexity index is 758. The molecule has 140 valence electrons. The maximum atomic E-state index is 12.6. The molecule has 0 aliphatic carbocycles. The van der Waals surface area contributed by atoms with Gasteiger partial charge >= 0.3 is 12.1 Å². The van der Waals surface area contributed by atoms with Crippen molar-refractivity contribution >= 4 is 21.9 Å². The van der Waals surface area contributed by atoms with Crippen molar-refractivity contribution in [2.75, 3.05) is 13.7 Å². The minimum Gasteiger partial charge on any atom is -0.465 e. The first-order valence-corrected chi connectivity index (χ1v) is 8.70. The fourth-order valence-electron chi connectivity index (χ4n) is 2.63. The fraction of sp³-hybridized carbons (Fsp3) is 0.316. The lowest BCUT2D eigenvalue weighted by atomic mass is 9.92. The smallest absolute Gasteiger partial charge is 0.416 e. The second kappa shape index (κ2) is 8.68. The number of aliphatic hydroxyl groups is 1. The molecule has 2 aromatic rings. The van der Waals surface area contributed by atoms with Gasteiger partial charge in [-0.1, -0.05) is 34.1 Å². The first-order valence-electron chi connectivity index (χ1n) is 7.91. The number of aliphatic hydroxyl groups excluding tert-OH is 1. The van der Waals surface area contributed by atoms with Gasteiger partial charge in [-0.05, 0) is 48.2 Å². The number of hydrogen-bond acceptors (Lipinski definition) is 3. The quantitative estimate of drug-likeness (QED) is 0.658. The highest BCUT2D eigenvalue weighted by Crippen LogP contribution is 2.31. The number of ether oxygens (including phenoxy) is 1. The van der Waals surface area contributed by atoms with Crippen LogP contribution in [0.2, 0.25) is 0 Å². The van der Waals surface area contributed by atoms with E-state index in [4.69, 9.17) is 0 Å². The van der Waals surface area contributed by atoms with Crippen LogP contribution in [-0.4, -0.2) is 24.8 Å². The zero-order chi connectivity index (χ0) is 19.3. The number of halogens is 4. The molecule has 7 heteroatoms. The highest BCUT2D eigenvalue weighted by Gasteiger charge is 2.30. The van der Waals surface area contributed by atoms with Gasteiger partial charge in [-0.3, -0.25) is 0 Å². The number of rotatable bonds is 6. The lowest BCUT2D eigenvalue weighted by Gasteiger charge is -2.16. The van der Waals surface area contributed by atoms with E-state index in [0.29, 0.717) is 24.0 Å². The Morgan fingerprint density at radius 1 is 1.19 bits per heavy atom. The average Bonchev–Trinajstić information content (AvgIpc) is 2.62. The molecule has 2 aromatic carbocycles. The molecule has 0 aliphatic rings. The molecule has 1 N–H and O–H groups in total. The third kappa shape index (κ3) is 5.08. The summed E-state index contributed by atoms with van der Waals surface area (Å²) in [6, 6.07) is 9.96. The molecule has 0 saturated heterocycles. The monoisotopic (exact) mass is 430 g/mol. The molecular formula is C19H18BrF3O3. The highest BCUT2D eigenvalue weighted by molar-refractivity contribution is 9.10. The van der Waals surface area contributed by atoms with E-state index in [-0.39, 0.29) is 12.5 Å². The number of carbonyl (C=O) groups excluding carboxylic acids is 1. The van der Waals surface area contributed by atoms with E-state index >= 15 is 0 Å². The molecule has 2 rings (SSSR count). The maximum absolute atomic E-state index is 12.6. The van der Waals surface area contributed by atoms with Gasteiger partial charge in [0.1, 0.15) is 0 Å². The summed E-state index contributed by atoms with van der Waals surface area (Å²) in [5.41, 5.74) is 1.30. The van der Waals surface area contributed by atoms with Crippen LogP contribution >= 0.6 is 15.9 Å². The van der Waals surface area contributed by atoms with Gasteiger partial charge < -0.3 is 9.84 Å². The number of benzene rings is 2. The number of esters is 1. The van der Waals surface area contributed by atoms with Gasteiger partial charge in [0.05, 0.1) is 18.2 Å². The number of aryl methyl sites for hydroxylation is 1.